The van der Waals surface area contributed by atoms with Crippen LogP contribution in [0.4, 0.5) is 4.39 Å². The molecule has 17 heavy (non-hydrogen) atoms. The molecule has 0 saturated heterocycles. The Labute approximate surface area is 99.9 Å². The molecule has 1 unspecified atom stereocenters. The number of fused-ring (bicyclic) bond motifs is 1. The SMILES string of the molecule is Fc1ccc2c(c1)CCC(c1ccccc1)O2. The maximum absolute atomic E-state index is 13.1. The van der Waals surface area contributed by atoms with Gasteiger partial charge in [-0.15, -0.1) is 0 Å². The highest BCUT2D eigenvalue weighted by molar-refractivity contribution is 5.37. The Balaban J connectivity index is 1.88. The van der Waals surface area contributed by atoms with Crippen molar-refractivity contribution in [2.45, 2.75) is 18.9 Å². The van der Waals surface area contributed by atoms with Crippen molar-refractivity contribution < 1.29 is 9.13 Å². The van der Waals surface area contributed by atoms with Crippen LogP contribution in [0.2, 0.25) is 0 Å². The first-order chi connectivity index (χ1) is 8.33. The lowest BCUT2D eigenvalue weighted by molar-refractivity contribution is 0.176. The maximum atomic E-state index is 13.1. The minimum atomic E-state index is -0.189. The summed E-state index contributed by atoms with van der Waals surface area (Å²) in [4.78, 5) is 0. The Bertz CT molecular complexity index is 522. The van der Waals surface area contributed by atoms with Crippen LogP contribution in [0.1, 0.15) is 23.7 Å². The summed E-state index contributed by atoms with van der Waals surface area (Å²) in [5.41, 5.74) is 2.15. The summed E-state index contributed by atoms with van der Waals surface area (Å²) in [5, 5.41) is 0. The zero-order chi connectivity index (χ0) is 11.7. The van der Waals surface area contributed by atoms with Crippen LogP contribution in [0.25, 0.3) is 0 Å². The van der Waals surface area contributed by atoms with E-state index in [0.29, 0.717) is 0 Å². The van der Waals surface area contributed by atoms with Crippen molar-refractivity contribution in [3.63, 3.8) is 0 Å². The first-order valence-corrected chi connectivity index (χ1v) is 5.83. The van der Waals surface area contributed by atoms with Crippen molar-refractivity contribution in [2.75, 3.05) is 0 Å². The highest BCUT2D eigenvalue weighted by Crippen LogP contribution is 2.34. The van der Waals surface area contributed by atoms with E-state index in [2.05, 4.69) is 12.1 Å². The van der Waals surface area contributed by atoms with E-state index in [-0.39, 0.29) is 11.9 Å². The van der Waals surface area contributed by atoms with Gasteiger partial charge >= 0.3 is 0 Å². The van der Waals surface area contributed by atoms with Gasteiger partial charge in [0, 0.05) is 0 Å². The third kappa shape index (κ3) is 2.03. The molecule has 0 fully saturated rings. The molecule has 1 aliphatic rings. The lowest BCUT2D eigenvalue weighted by Crippen LogP contribution is -2.15. The predicted molar refractivity (Wildman–Crippen MR) is 64.5 cm³/mol. The minimum Gasteiger partial charge on any atom is -0.485 e. The monoisotopic (exact) mass is 228 g/mol. The topological polar surface area (TPSA) is 9.23 Å². The van der Waals surface area contributed by atoms with Crippen molar-refractivity contribution in [1.29, 1.82) is 0 Å². The number of hydrogen-bond acceptors (Lipinski definition) is 1. The molecule has 2 aromatic rings. The molecular formula is C15H13FO. The largest absolute Gasteiger partial charge is 0.485 e. The van der Waals surface area contributed by atoms with Gasteiger partial charge in [-0.3, -0.25) is 0 Å². The van der Waals surface area contributed by atoms with Gasteiger partial charge in [0.15, 0.2) is 0 Å². The van der Waals surface area contributed by atoms with Crippen LogP contribution in [-0.4, -0.2) is 0 Å². The molecule has 2 heteroatoms. The summed E-state index contributed by atoms with van der Waals surface area (Å²) >= 11 is 0. The minimum absolute atomic E-state index is 0.0918. The molecule has 0 saturated carbocycles. The molecule has 0 spiro atoms. The van der Waals surface area contributed by atoms with Crippen LogP contribution in [0, 0.1) is 5.82 Å². The summed E-state index contributed by atoms with van der Waals surface area (Å²) in [5.74, 6) is 0.622. The lowest BCUT2D eigenvalue weighted by Gasteiger charge is -2.26. The fourth-order valence-corrected chi connectivity index (χ4v) is 2.26. The molecule has 0 radical (unpaired) electrons. The summed E-state index contributed by atoms with van der Waals surface area (Å²) in [6.07, 6.45) is 1.86. The van der Waals surface area contributed by atoms with Gasteiger partial charge in [0.2, 0.25) is 0 Å². The van der Waals surface area contributed by atoms with E-state index in [4.69, 9.17) is 4.74 Å². The number of ether oxygens (including phenoxy) is 1. The normalized spacial score (nSPS) is 18.3. The second-order valence-electron chi connectivity index (χ2n) is 4.31. The molecule has 2 aromatic carbocycles. The average Bonchev–Trinajstić information content (AvgIpc) is 2.39. The number of benzene rings is 2. The van der Waals surface area contributed by atoms with E-state index in [9.17, 15) is 4.39 Å². The summed E-state index contributed by atoms with van der Waals surface area (Å²) in [7, 11) is 0. The molecule has 1 aliphatic heterocycles. The van der Waals surface area contributed by atoms with Gasteiger partial charge in [0.05, 0.1) is 0 Å². The van der Waals surface area contributed by atoms with Crippen molar-refractivity contribution in [2.24, 2.45) is 0 Å². The first-order valence-electron chi connectivity index (χ1n) is 5.83. The van der Waals surface area contributed by atoms with E-state index in [1.165, 1.54) is 11.6 Å². The fraction of sp³-hybridized carbons (Fsp3) is 0.200. The Kier molecular flexibility index (Phi) is 2.56. The van der Waals surface area contributed by atoms with E-state index < -0.39 is 0 Å². The molecule has 1 nitrogen and oxygen atoms in total. The third-order valence-electron chi connectivity index (χ3n) is 3.14. The predicted octanol–water partition coefficient (Wildman–Crippen LogP) is 3.89. The van der Waals surface area contributed by atoms with E-state index >= 15 is 0 Å². The van der Waals surface area contributed by atoms with E-state index in [1.807, 2.05) is 18.2 Å². The maximum Gasteiger partial charge on any atom is 0.124 e. The first kappa shape index (κ1) is 10.3. The van der Waals surface area contributed by atoms with E-state index in [0.717, 1.165) is 24.2 Å². The Morgan fingerprint density at radius 1 is 1.06 bits per heavy atom. The quantitative estimate of drug-likeness (QED) is 0.719. The van der Waals surface area contributed by atoms with Gasteiger partial charge < -0.3 is 4.74 Å². The number of rotatable bonds is 1. The molecule has 86 valence electrons. The Hall–Kier alpha value is -1.83. The van der Waals surface area contributed by atoms with Gasteiger partial charge in [0.25, 0.3) is 0 Å². The molecule has 3 rings (SSSR count). The van der Waals surface area contributed by atoms with Crippen LogP contribution >= 0.6 is 0 Å². The highest BCUT2D eigenvalue weighted by atomic mass is 19.1. The van der Waals surface area contributed by atoms with Gasteiger partial charge in [-0.25, -0.2) is 4.39 Å². The van der Waals surface area contributed by atoms with Crippen LogP contribution in [0.3, 0.4) is 0 Å². The van der Waals surface area contributed by atoms with E-state index in [1.54, 1.807) is 12.1 Å². The number of aryl methyl sites for hydroxylation is 1. The van der Waals surface area contributed by atoms with Crippen LogP contribution in [0.5, 0.6) is 5.75 Å². The lowest BCUT2D eigenvalue weighted by atomic mass is 9.97. The number of hydrogen-bond donors (Lipinski definition) is 0. The molecule has 0 aromatic heterocycles. The Morgan fingerprint density at radius 3 is 2.71 bits per heavy atom. The van der Waals surface area contributed by atoms with Gasteiger partial charge in [-0.05, 0) is 42.2 Å². The van der Waals surface area contributed by atoms with Crippen molar-refractivity contribution in [3.05, 3.63) is 65.5 Å². The molecule has 0 aliphatic carbocycles. The van der Waals surface area contributed by atoms with Crippen LogP contribution in [0.15, 0.2) is 48.5 Å². The summed E-state index contributed by atoms with van der Waals surface area (Å²) in [6.45, 7) is 0. The summed E-state index contributed by atoms with van der Waals surface area (Å²) in [6, 6.07) is 14.9. The fourth-order valence-electron chi connectivity index (χ4n) is 2.26. The molecular weight excluding hydrogens is 215 g/mol. The van der Waals surface area contributed by atoms with Crippen molar-refractivity contribution in [3.8, 4) is 5.75 Å². The smallest absolute Gasteiger partial charge is 0.124 e. The molecule has 1 atom stereocenters. The molecule has 1 heterocycles. The number of halogens is 1. The highest BCUT2D eigenvalue weighted by Gasteiger charge is 2.21. The van der Waals surface area contributed by atoms with Gasteiger partial charge in [-0.1, -0.05) is 30.3 Å². The third-order valence-corrected chi connectivity index (χ3v) is 3.14. The standard InChI is InChI=1S/C15H13FO/c16-13-7-9-15-12(10-13)6-8-14(17-15)11-4-2-1-3-5-11/h1-5,7,9-10,14H,6,8H2. The van der Waals surface area contributed by atoms with Gasteiger partial charge in [0.1, 0.15) is 17.7 Å². The molecule has 0 N–H and O–H groups in total. The Morgan fingerprint density at radius 2 is 1.88 bits per heavy atom. The second kappa shape index (κ2) is 4.21. The summed E-state index contributed by atoms with van der Waals surface area (Å²) < 4.78 is 19.0. The van der Waals surface area contributed by atoms with Crippen LogP contribution < -0.4 is 4.74 Å². The molecule has 0 bridgehead atoms. The zero-order valence-corrected chi connectivity index (χ0v) is 9.40. The van der Waals surface area contributed by atoms with Gasteiger partial charge in [-0.2, -0.15) is 0 Å². The average molecular weight is 228 g/mol. The second-order valence-corrected chi connectivity index (χ2v) is 4.31. The van der Waals surface area contributed by atoms with Crippen molar-refractivity contribution in [1.82, 2.24) is 0 Å². The van der Waals surface area contributed by atoms with Crippen molar-refractivity contribution >= 4 is 0 Å². The zero-order valence-electron chi connectivity index (χ0n) is 9.40. The van der Waals surface area contributed by atoms with Crippen LogP contribution in [-0.2, 0) is 6.42 Å². The molecule has 0 amide bonds.